The molecule has 1 fully saturated rings. The minimum atomic E-state index is -0.154. The van der Waals surface area contributed by atoms with Crippen LogP contribution in [0.3, 0.4) is 0 Å². The zero-order valence-corrected chi connectivity index (χ0v) is 14.1. The van der Waals surface area contributed by atoms with Crippen molar-refractivity contribution in [2.24, 2.45) is 0 Å². The second-order valence-electron chi connectivity index (χ2n) is 5.83. The Morgan fingerprint density at radius 2 is 2.08 bits per heavy atom. The lowest BCUT2D eigenvalue weighted by atomic mass is 10.3. The van der Waals surface area contributed by atoms with Crippen LogP contribution in [0.15, 0.2) is 42.7 Å². The van der Waals surface area contributed by atoms with E-state index in [1.54, 1.807) is 18.5 Å². The van der Waals surface area contributed by atoms with Gasteiger partial charge in [-0.3, -0.25) is 14.7 Å². The molecular formula is C18H23N5O2. The van der Waals surface area contributed by atoms with Gasteiger partial charge in [-0.2, -0.15) is 0 Å². The summed E-state index contributed by atoms with van der Waals surface area (Å²) in [7, 11) is 0. The Labute approximate surface area is 147 Å². The average Bonchev–Trinajstić information content (AvgIpc) is 2.68. The number of carbonyl (C=O) groups excluding carboxylic acids is 1. The van der Waals surface area contributed by atoms with Crippen molar-refractivity contribution in [3.8, 4) is 0 Å². The zero-order valence-electron chi connectivity index (χ0n) is 14.1. The smallest absolute Gasteiger partial charge is 0.270 e. The standard InChI is InChI=1S/C18H23N5O2/c24-18(20-7-8-23-9-11-25-12-10-23)16-4-1-5-17(22-16)21-14-15-3-2-6-19-13-15/h1-6,13H,7-12,14H2,(H,20,24)(H,21,22). The largest absolute Gasteiger partial charge is 0.379 e. The summed E-state index contributed by atoms with van der Waals surface area (Å²) in [6, 6.07) is 9.28. The maximum absolute atomic E-state index is 12.3. The maximum atomic E-state index is 12.3. The molecule has 2 aromatic rings. The number of carbonyl (C=O) groups is 1. The van der Waals surface area contributed by atoms with Gasteiger partial charge in [0.25, 0.3) is 5.91 Å². The van der Waals surface area contributed by atoms with Crippen LogP contribution in [0.5, 0.6) is 0 Å². The number of pyridine rings is 2. The number of rotatable bonds is 7. The molecule has 0 spiro atoms. The van der Waals surface area contributed by atoms with Crippen LogP contribution in [-0.2, 0) is 11.3 Å². The highest BCUT2D eigenvalue weighted by Gasteiger charge is 2.11. The highest BCUT2D eigenvalue weighted by atomic mass is 16.5. The van der Waals surface area contributed by atoms with Gasteiger partial charge in [0.2, 0.25) is 0 Å². The summed E-state index contributed by atoms with van der Waals surface area (Å²) in [5.41, 5.74) is 1.47. The summed E-state index contributed by atoms with van der Waals surface area (Å²) in [5.74, 6) is 0.517. The number of aromatic nitrogens is 2. The van der Waals surface area contributed by atoms with Gasteiger partial charge in [0, 0.05) is 45.1 Å². The van der Waals surface area contributed by atoms with Crippen LogP contribution >= 0.6 is 0 Å². The number of anilines is 1. The average molecular weight is 341 g/mol. The lowest BCUT2D eigenvalue weighted by molar-refractivity contribution is 0.0383. The van der Waals surface area contributed by atoms with Crippen molar-refractivity contribution in [3.05, 3.63) is 54.0 Å². The van der Waals surface area contributed by atoms with Gasteiger partial charge >= 0.3 is 0 Å². The third-order valence-electron chi connectivity index (χ3n) is 4.00. The molecule has 1 aliphatic rings. The molecule has 0 unspecified atom stereocenters. The number of nitrogens with one attached hydrogen (secondary N) is 2. The lowest BCUT2D eigenvalue weighted by Gasteiger charge is -2.26. The number of hydrogen-bond donors (Lipinski definition) is 2. The Balaban J connectivity index is 1.47. The third-order valence-corrected chi connectivity index (χ3v) is 4.00. The van der Waals surface area contributed by atoms with Gasteiger partial charge in [-0.15, -0.1) is 0 Å². The number of ether oxygens (including phenoxy) is 1. The maximum Gasteiger partial charge on any atom is 0.270 e. The van der Waals surface area contributed by atoms with Gasteiger partial charge in [0.05, 0.1) is 13.2 Å². The molecule has 2 N–H and O–H groups in total. The van der Waals surface area contributed by atoms with Crippen molar-refractivity contribution in [2.45, 2.75) is 6.54 Å². The minimum absolute atomic E-state index is 0.154. The first kappa shape index (κ1) is 17.3. The van der Waals surface area contributed by atoms with E-state index in [1.165, 1.54) is 0 Å². The van der Waals surface area contributed by atoms with Crippen molar-refractivity contribution in [2.75, 3.05) is 44.7 Å². The van der Waals surface area contributed by atoms with Gasteiger partial charge in [-0.05, 0) is 23.8 Å². The van der Waals surface area contributed by atoms with E-state index in [0.717, 1.165) is 38.4 Å². The van der Waals surface area contributed by atoms with Gasteiger partial charge in [-0.25, -0.2) is 4.98 Å². The fourth-order valence-electron chi connectivity index (χ4n) is 2.60. The lowest BCUT2D eigenvalue weighted by Crippen LogP contribution is -2.41. The molecule has 1 saturated heterocycles. The molecule has 1 amide bonds. The molecule has 0 bridgehead atoms. The molecule has 1 aliphatic heterocycles. The van der Waals surface area contributed by atoms with Crippen LogP contribution in [0, 0.1) is 0 Å². The van der Waals surface area contributed by atoms with Crippen LogP contribution in [0.4, 0.5) is 5.82 Å². The molecule has 0 aromatic carbocycles. The summed E-state index contributed by atoms with van der Waals surface area (Å²) in [4.78, 5) is 23.0. The first-order valence-corrected chi connectivity index (χ1v) is 8.49. The first-order chi connectivity index (χ1) is 12.3. The van der Waals surface area contributed by atoms with Gasteiger partial charge in [0.1, 0.15) is 11.5 Å². The predicted molar refractivity (Wildman–Crippen MR) is 95.4 cm³/mol. The van der Waals surface area contributed by atoms with Crippen molar-refractivity contribution in [1.29, 1.82) is 0 Å². The quantitative estimate of drug-likeness (QED) is 0.786. The van der Waals surface area contributed by atoms with Crippen LogP contribution in [-0.4, -0.2) is 60.2 Å². The molecule has 7 nitrogen and oxygen atoms in total. The number of amides is 1. The van der Waals surface area contributed by atoms with E-state index in [4.69, 9.17) is 4.74 Å². The third kappa shape index (κ3) is 5.51. The Bertz CT molecular complexity index is 674. The molecule has 132 valence electrons. The summed E-state index contributed by atoms with van der Waals surface area (Å²) in [5, 5.41) is 6.14. The van der Waals surface area contributed by atoms with Crippen molar-refractivity contribution in [3.63, 3.8) is 0 Å². The second-order valence-corrected chi connectivity index (χ2v) is 5.83. The number of morpholine rings is 1. The van der Waals surface area contributed by atoms with E-state index in [2.05, 4.69) is 25.5 Å². The molecule has 0 saturated carbocycles. The summed E-state index contributed by atoms with van der Waals surface area (Å²) < 4.78 is 5.31. The van der Waals surface area contributed by atoms with Crippen molar-refractivity contribution >= 4 is 11.7 Å². The van der Waals surface area contributed by atoms with Crippen LogP contribution < -0.4 is 10.6 Å². The SMILES string of the molecule is O=C(NCCN1CCOCC1)c1cccc(NCc2cccnc2)n1. The van der Waals surface area contributed by atoms with E-state index < -0.39 is 0 Å². The van der Waals surface area contributed by atoms with Crippen LogP contribution in [0.25, 0.3) is 0 Å². The van der Waals surface area contributed by atoms with Gasteiger partial charge < -0.3 is 15.4 Å². The van der Waals surface area contributed by atoms with E-state index in [0.29, 0.717) is 24.6 Å². The van der Waals surface area contributed by atoms with Gasteiger partial charge in [-0.1, -0.05) is 12.1 Å². The van der Waals surface area contributed by atoms with Crippen LogP contribution in [0.2, 0.25) is 0 Å². The van der Waals surface area contributed by atoms with E-state index in [9.17, 15) is 4.79 Å². The zero-order chi connectivity index (χ0) is 17.3. The number of hydrogen-bond acceptors (Lipinski definition) is 6. The number of nitrogens with zero attached hydrogens (tertiary/aromatic N) is 3. The topological polar surface area (TPSA) is 79.4 Å². The Morgan fingerprint density at radius 3 is 2.88 bits per heavy atom. The predicted octanol–water partition coefficient (Wildman–Crippen LogP) is 1.15. The molecule has 0 atom stereocenters. The monoisotopic (exact) mass is 341 g/mol. The first-order valence-electron chi connectivity index (χ1n) is 8.49. The minimum Gasteiger partial charge on any atom is -0.379 e. The molecule has 3 rings (SSSR count). The molecule has 25 heavy (non-hydrogen) atoms. The van der Waals surface area contributed by atoms with Crippen molar-refractivity contribution < 1.29 is 9.53 Å². The Morgan fingerprint density at radius 1 is 1.20 bits per heavy atom. The highest BCUT2D eigenvalue weighted by molar-refractivity contribution is 5.92. The fourth-order valence-corrected chi connectivity index (χ4v) is 2.60. The summed E-state index contributed by atoms with van der Waals surface area (Å²) in [6.07, 6.45) is 3.54. The van der Waals surface area contributed by atoms with E-state index in [-0.39, 0.29) is 5.91 Å². The second kappa shape index (κ2) is 9.10. The molecule has 7 heteroatoms. The summed E-state index contributed by atoms with van der Waals surface area (Å²) >= 11 is 0. The summed E-state index contributed by atoms with van der Waals surface area (Å²) in [6.45, 7) is 5.41. The molecular weight excluding hydrogens is 318 g/mol. The Kier molecular flexibility index (Phi) is 6.30. The molecule has 3 heterocycles. The molecule has 0 aliphatic carbocycles. The molecule has 2 aromatic heterocycles. The molecule has 0 radical (unpaired) electrons. The van der Waals surface area contributed by atoms with Crippen molar-refractivity contribution in [1.82, 2.24) is 20.2 Å². The Hall–Kier alpha value is -2.51. The van der Waals surface area contributed by atoms with E-state index >= 15 is 0 Å². The highest BCUT2D eigenvalue weighted by Crippen LogP contribution is 2.07. The van der Waals surface area contributed by atoms with E-state index in [1.807, 2.05) is 24.3 Å². The fraction of sp³-hybridized carbons (Fsp3) is 0.389. The van der Waals surface area contributed by atoms with Crippen LogP contribution in [0.1, 0.15) is 16.1 Å². The normalized spacial score (nSPS) is 14.9. The van der Waals surface area contributed by atoms with Gasteiger partial charge in [0.15, 0.2) is 0 Å².